The van der Waals surface area contributed by atoms with Crippen molar-refractivity contribution in [2.75, 3.05) is 0 Å². The van der Waals surface area contributed by atoms with E-state index >= 15 is 0 Å². The fourth-order valence-electron chi connectivity index (χ4n) is 2.23. The summed E-state index contributed by atoms with van der Waals surface area (Å²) >= 11 is 0. The lowest BCUT2D eigenvalue weighted by atomic mass is 9.86. The molecule has 1 saturated heterocycles. The Morgan fingerprint density at radius 2 is 2.00 bits per heavy atom. The Hall–Kier alpha value is -0.810. The molecule has 5 heteroatoms. The maximum atomic E-state index is 11.4. The molecule has 0 aromatic rings. The molecule has 0 aromatic heterocycles. The molecule has 1 rings (SSSR count). The zero-order chi connectivity index (χ0) is 11.1. The van der Waals surface area contributed by atoms with Crippen molar-refractivity contribution < 1.29 is 10.0 Å². The van der Waals surface area contributed by atoms with E-state index < -0.39 is 22.9 Å². The zero-order valence-electron chi connectivity index (χ0n) is 9.03. The molecule has 0 spiro atoms. The summed E-state index contributed by atoms with van der Waals surface area (Å²) in [6, 6.07) is 0. The number of hydroxylamine groups is 2. The van der Waals surface area contributed by atoms with Crippen LogP contribution in [0.5, 0.6) is 0 Å². The SMILES string of the molecule is CC1(C)CC(C(=O)N=N)C(C)(C)N1O. The lowest BCUT2D eigenvalue weighted by Crippen LogP contribution is -2.48. The van der Waals surface area contributed by atoms with Crippen LogP contribution in [-0.4, -0.2) is 27.3 Å². The van der Waals surface area contributed by atoms with Crippen molar-refractivity contribution in [2.45, 2.75) is 45.2 Å². The zero-order valence-corrected chi connectivity index (χ0v) is 9.03. The molecule has 80 valence electrons. The van der Waals surface area contributed by atoms with Gasteiger partial charge < -0.3 is 5.21 Å². The van der Waals surface area contributed by atoms with Gasteiger partial charge >= 0.3 is 0 Å². The van der Waals surface area contributed by atoms with Gasteiger partial charge in [-0.3, -0.25) is 4.79 Å². The summed E-state index contributed by atoms with van der Waals surface area (Å²) in [5, 5.41) is 14.0. The highest BCUT2D eigenvalue weighted by molar-refractivity contribution is 5.80. The molecule has 1 fully saturated rings. The van der Waals surface area contributed by atoms with Gasteiger partial charge in [-0.15, -0.1) is 5.11 Å². The Bertz CT molecular complexity index is 273. The summed E-state index contributed by atoms with van der Waals surface area (Å²) in [6.45, 7) is 7.31. The summed E-state index contributed by atoms with van der Waals surface area (Å²) in [5.74, 6) is -0.861. The third-order valence-electron chi connectivity index (χ3n) is 3.08. The topological polar surface area (TPSA) is 76.8 Å². The molecule has 0 bridgehead atoms. The molecule has 1 atom stereocenters. The van der Waals surface area contributed by atoms with E-state index in [9.17, 15) is 10.0 Å². The molecule has 1 heterocycles. The first kappa shape index (κ1) is 11.3. The molecule has 5 nitrogen and oxygen atoms in total. The van der Waals surface area contributed by atoms with Crippen molar-refractivity contribution in [1.29, 1.82) is 5.53 Å². The molecule has 0 radical (unpaired) electrons. The summed E-state index contributed by atoms with van der Waals surface area (Å²) in [7, 11) is 0. The standard InChI is InChI=1S/C9H17N3O2/c1-8(2)5-6(7(13)11-10)9(3,4)12(8)14/h6,10,14H,5H2,1-4H3. The van der Waals surface area contributed by atoms with E-state index in [-0.39, 0.29) is 0 Å². The summed E-state index contributed by atoms with van der Waals surface area (Å²) in [5.41, 5.74) is 5.64. The van der Waals surface area contributed by atoms with E-state index in [0.29, 0.717) is 6.42 Å². The fraction of sp³-hybridized carbons (Fsp3) is 0.889. The third-order valence-corrected chi connectivity index (χ3v) is 3.08. The second kappa shape index (κ2) is 3.10. The van der Waals surface area contributed by atoms with Gasteiger partial charge in [-0.1, -0.05) is 0 Å². The molecule has 14 heavy (non-hydrogen) atoms. The van der Waals surface area contributed by atoms with Gasteiger partial charge in [-0.05, 0) is 34.1 Å². The van der Waals surface area contributed by atoms with E-state index in [2.05, 4.69) is 5.11 Å². The molecule has 0 saturated carbocycles. The van der Waals surface area contributed by atoms with Gasteiger partial charge in [0.2, 0.25) is 0 Å². The maximum Gasteiger partial charge on any atom is 0.269 e. The van der Waals surface area contributed by atoms with Crippen molar-refractivity contribution in [2.24, 2.45) is 11.0 Å². The molecule has 0 aliphatic carbocycles. The van der Waals surface area contributed by atoms with Crippen molar-refractivity contribution in [3.63, 3.8) is 0 Å². The third kappa shape index (κ3) is 1.46. The number of carbonyl (C=O) groups excluding carboxylic acids is 1. The van der Waals surface area contributed by atoms with Crippen LogP contribution in [-0.2, 0) is 4.79 Å². The Morgan fingerprint density at radius 1 is 1.50 bits per heavy atom. The van der Waals surface area contributed by atoms with Gasteiger partial charge in [0.1, 0.15) is 0 Å². The fourth-order valence-corrected chi connectivity index (χ4v) is 2.23. The highest BCUT2D eigenvalue weighted by Gasteiger charge is 2.54. The van der Waals surface area contributed by atoms with Crippen LogP contribution in [0.15, 0.2) is 5.11 Å². The van der Waals surface area contributed by atoms with Crippen molar-refractivity contribution >= 4 is 5.91 Å². The first-order valence-electron chi connectivity index (χ1n) is 4.64. The number of hydrogen-bond donors (Lipinski definition) is 2. The van der Waals surface area contributed by atoms with Crippen LogP contribution < -0.4 is 0 Å². The highest BCUT2D eigenvalue weighted by Crippen LogP contribution is 2.43. The van der Waals surface area contributed by atoms with Crippen LogP contribution >= 0.6 is 0 Å². The first-order valence-corrected chi connectivity index (χ1v) is 4.64. The van der Waals surface area contributed by atoms with E-state index in [1.807, 2.05) is 13.8 Å². The second-order valence-electron chi connectivity index (χ2n) is 4.98. The van der Waals surface area contributed by atoms with E-state index in [1.165, 1.54) is 5.06 Å². The van der Waals surface area contributed by atoms with Gasteiger partial charge in [0, 0.05) is 5.54 Å². The minimum Gasteiger partial charge on any atom is -0.313 e. The minimum atomic E-state index is -0.648. The summed E-state index contributed by atoms with van der Waals surface area (Å²) in [6.07, 6.45) is 0.526. The van der Waals surface area contributed by atoms with Crippen molar-refractivity contribution in [3.8, 4) is 0 Å². The predicted octanol–water partition coefficient (Wildman–Crippen LogP) is 1.81. The molecule has 2 N–H and O–H groups in total. The van der Waals surface area contributed by atoms with Crippen molar-refractivity contribution in [3.05, 3.63) is 0 Å². The average molecular weight is 199 g/mol. The number of rotatable bonds is 1. The molecular formula is C9H17N3O2. The smallest absolute Gasteiger partial charge is 0.269 e. The summed E-state index contributed by atoms with van der Waals surface area (Å²) in [4.78, 5) is 11.4. The van der Waals surface area contributed by atoms with Crippen LogP contribution in [0.25, 0.3) is 0 Å². The quantitative estimate of drug-likeness (QED) is 0.632. The highest BCUT2D eigenvalue weighted by atomic mass is 16.5. The minimum absolute atomic E-state index is 0.403. The van der Waals surface area contributed by atoms with Crippen LogP contribution in [0.2, 0.25) is 0 Å². The van der Waals surface area contributed by atoms with Crippen LogP contribution in [0.4, 0.5) is 0 Å². The molecule has 1 aliphatic heterocycles. The number of amides is 1. The van der Waals surface area contributed by atoms with Gasteiger partial charge in [0.25, 0.3) is 5.91 Å². The molecular weight excluding hydrogens is 182 g/mol. The van der Waals surface area contributed by atoms with Gasteiger partial charge in [-0.2, -0.15) is 5.06 Å². The van der Waals surface area contributed by atoms with E-state index in [0.717, 1.165) is 0 Å². The second-order valence-corrected chi connectivity index (χ2v) is 4.98. The summed E-state index contributed by atoms with van der Waals surface area (Å²) < 4.78 is 0. The van der Waals surface area contributed by atoms with E-state index in [4.69, 9.17) is 5.53 Å². The largest absolute Gasteiger partial charge is 0.313 e. The number of nitrogens with zero attached hydrogens (tertiary/aromatic N) is 2. The lowest BCUT2D eigenvalue weighted by Gasteiger charge is -2.35. The van der Waals surface area contributed by atoms with Gasteiger partial charge in [-0.25, -0.2) is 5.53 Å². The Labute approximate surface area is 83.6 Å². The average Bonchev–Trinajstić information content (AvgIpc) is 2.25. The van der Waals surface area contributed by atoms with Crippen LogP contribution in [0, 0.1) is 11.4 Å². The number of carbonyl (C=O) groups is 1. The van der Waals surface area contributed by atoms with Crippen molar-refractivity contribution in [1.82, 2.24) is 5.06 Å². The maximum absolute atomic E-state index is 11.4. The molecule has 1 amide bonds. The normalized spacial score (nSPS) is 30.2. The molecule has 1 aliphatic rings. The Kier molecular flexibility index (Phi) is 2.49. The Balaban J connectivity index is 3.02. The van der Waals surface area contributed by atoms with E-state index in [1.54, 1.807) is 13.8 Å². The van der Waals surface area contributed by atoms with Crippen LogP contribution in [0.1, 0.15) is 34.1 Å². The molecule has 1 unspecified atom stereocenters. The Morgan fingerprint density at radius 3 is 2.29 bits per heavy atom. The molecule has 0 aromatic carbocycles. The number of hydrogen-bond acceptors (Lipinski definition) is 4. The first-order chi connectivity index (χ1) is 6.23. The van der Waals surface area contributed by atoms with Crippen LogP contribution in [0.3, 0.4) is 0 Å². The van der Waals surface area contributed by atoms with Gasteiger partial charge in [0.15, 0.2) is 0 Å². The lowest BCUT2D eigenvalue weighted by molar-refractivity contribution is -0.197. The number of nitrogens with one attached hydrogen (secondary N) is 1. The van der Waals surface area contributed by atoms with Gasteiger partial charge in [0.05, 0.1) is 11.5 Å². The predicted molar refractivity (Wildman–Crippen MR) is 50.0 cm³/mol. The monoisotopic (exact) mass is 199 g/mol.